The molecule has 39 heavy (non-hydrogen) atoms. The number of benzene rings is 1. The summed E-state index contributed by atoms with van der Waals surface area (Å²) in [6.07, 6.45) is -3.43. The zero-order chi connectivity index (χ0) is 28.7. The van der Waals surface area contributed by atoms with Crippen LogP contribution in [0.4, 0.5) is 18.0 Å². The molecule has 0 aromatic heterocycles. The molecule has 1 aromatic rings. The first-order valence-electron chi connectivity index (χ1n) is 13.1. The number of carbonyl (C=O) groups excluding carboxylic acids is 3. The fraction of sp³-hybridized carbons (Fsp3) is 0.630. The number of piperazine rings is 1. The molecule has 0 radical (unpaired) electrons. The number of alkyl halides is 3. The van der Waals surface area contributed by atoms with Gasteiger partial charge in [-0.05, 0) is 64.7 Å². The van der Waals surface area contributed by atoms with Gasteiger partial charge >= 0.3 is 12.3 Å². The largest absolute Gasteiger partial charge is 0.444 e. The molecule has 0 aliphatic carbocycles. The van der Waals surface area contributed by atoms with Crippen molar-refractivity contribution in [2.75, 3.05) is 19.6 Å². The first-order valence-corrected chi connectivity index (χ1v) is 13.1. The summed E-state index contributed by atoms with van der Waals surface area (Å²) < 4.78 is 44.2. The Labute approximate surface area is 225 Å². The van der Waals surface area contributed by atoms with E-state index in [-0.39, 0.29) is 18.5 Å². The van der Waals surface area contributed by atoms with Crippen molar-refractivity contribution in [3.8, 4) is 6.07 Å². The number of alkyl carbamates (subject to hydrolysis) is 1. The number of hydrogen-bond acceptors (Lipinski definition) is 6. The Balaban J connectivity index is 1.47. The molecule has 3 amide bonds. The van der Waals surface area contributed by atoms with E-state index >= 15 is 0 Å². The van der Waals surface area contributed by atoms with Crippen molar-refractivity contribution in [3.05, 3.63) is 35.4 Å². The maximum atomic E-state index is 13.4. The number of amides is 3. The normalized spacial score (nSPS) is 25.0. The summed E-state index contributed by atoms with van der Waals surface area (Å²) >= 11 is 0. The van der Waals surface area contributed by atoms with Crippen molar-refractivity contribution < 1.29 is 32.3 Å². The molecule has 2 bridgehead atoms. The average molecular weight is 550 g/mol. The highest BCUT2D eigenvalue weighted by atomic mass is 19.4. The van der Waals surface area contributed by atoms with Crippen LogP contribution >= 0.6 is 0 Å². The summed E-state index contributed by atoms with van der Waals surface area (Å²) in [5.74, 6) is -0.562. The molecule has 3 aliphatic rings. The number of hydrogen-bond donors (Lipinski definition) is 1. The average Bonchev–Trinajstić information content (AvgIpc) is 3.55. The SMILES string of the molecule is C[C@@H](c1ccc(C(F)(F)F)cc1)N1C(=O)[C@@H]2CC1CN2C[C@H](NC(=O)OC(C)(C)C)C(=O)N1CCC[C@H]1C#N. The molecule has 3 aliphatic heterocycles. The van der Waals surface area contributed by atoms with Crippen molar-refractivity contribution in [2.24, 2.45) is 0 Å². The number of likely N-dealkylation sites (tertiary alicyclic amines) is 3. The second-order valence-corrected chi connectivity index (χ2v) is 11.4. The highest BCUT2D eigenvalue weighted by Crippen LogP contribution is 2.39. The van der Waals surface area contributed by atoms with Gasteiger partial charge in [-0.25, -0.2) is 4.79 Å². The number of fused-ring (bicyclic) bond motifs is 2. The Morgan fingerprint density at radius 1 is 1.21 bits per heavy atom. The number of carbonyl (C=O) groups is 3. The lowest BCUT2D eigenvalue weighted by Crippen LogP contribution is -2.59. The van der Waals surface area contributed by atoms with E-state index in [9.17, 15) is 32.8 Å². The fourth-order valence-corrected chi connectivity index (χ4v) is 5.74. The molecule has 212 valence electrons. The maximum absolute atomic E-state index is 13.4. The summed E-state index contributed by atoms with van der Waals surface area (Å²) in [6, 6.07) is 4.25. The van der Waals surface area contributed by atoms with E-state index < -0.39 is 53.5 Å². The molecule has 1 aromatic carbocycles. The van der Waals surface area contributed by atoms with Crippen LogP contribution in [-0.4, -0.2) is 82.0 Å². The first-order chi connectivity index (χ1) is 18.2. The molecule has 1 N–H and O–H groups in total. The van der Waals surface area contributed by atoms with Crippen LogP contribution in [0.3, 0.4) is 0 Å². The summed E-state index contributed by atoms with van der Waals surface area (Å²) in [5.41, 5.74) is -0.923. The molecular formula is C27H34F3N5O4. The molecule has 1 unspecified atom stereocenters. The van der Waals surface area contributed by atoms with Crippen LogP contribution in [0.5, 0.6) is 0 Å². The van der Waals surface area contributed by atoms with Crippen LogP contribution in [0.2, 0.25) is 0 Å². The molecule has 12 heteroatoms. The van der Waals surface area contributed by atoms with E-state index in [1.807, 2.05) is 4.90 Å². The van der Waals surface area contributed by atoms with Crippen molar-refractivity contribution in [1.82, 2.24) is 20.0 Å². The number of nitriles is 1. The maximum Gasteiger partial charge on any atom is 0.416 e. The van der Waals surface area contributed by atoms with Gasteiger partial charge in [0, 0.05) is 25.7 Å². The lowest BCUT2D eigenvalue weighted by atomic mass is 10.0. The van der Waals surface area contributed by atoms with E-state index in [1.54, 1.807) is 32.6 Å². The Hall–Kier alpha value is -3.33. The van der Waals surface area contributed by atoms with Crippen LogP contribution in [0.25, 0.3) is 0 Å². The van der Waals surface area contributed by atoms with E-state index in [0.717, 1.165) is 12.1 Å². The predicted molar refractivity (Wildman–Crippen MR) is 134 cm³/mol. The lowest BCUT2D eigenvalue weighted by Gasteiger charge is -2.39. The number of ether oxygens (including phenoxy) is 1. The molecule has 0 spiro atoms. The summed E-state index contributed by atoms with van der Waals surface area (Å²) in [7, 11) is 0. The van der Waals surface area contributed by atoms with Gasteiger partial charge in [0.2, 0.25) is 11.8 Å². The third-order valence-electron chi connectivity index (χ3n) is 7.54. The standard InChI is InChI=1S/C27H34F3N5O4/c1-16(17-7-9-18(10-8-17)27(28,29)30)35-20-12-22(24(35)37)33(14-20)15-21(32-25(38)39-26(2,3)4)23(36)34-11-5-6-19(34)13-31/h7-10,16,19-22H,5-6,11-12,14-15H2,1-4H3,(H,32,38)/t16-,19-,20?,21-,22-/m0/s1. The quantitative estimate of drug-likeness (QED) is 0.583. The summed E-state index contributed by atoms with van der Waals surface area (Å²) in [6.45, 7) is 7.84. The van der Waals surface area contributed by atoms with Gasteiger partial charge in [0.1, 0.15) is 17.7 Å². The molecule has 9 nitrogen and oxygen atoms in total. The third kappa shape index (κ3) is 6.13. The highest BCUT2D eigenvalue weighted by Gasteiger charge is 2.52. The van der Waals surface area contributed by atoms with Gasteiger partial charge in [-0.2, -0.15) is 18.4 Å². The Kier molecular flexibility index (Phi) is 7.85. The molecule has 3 heterocycles. The summed E-state index contributed by atoms with van der Waals surface area (Å²) in [4.78, 5) is 44.5. The van der Waals surface area contributed by atoms with E-state index in [4.69, 9.17) is 4.74 Å². The van der Waals surface area contributed by atoms with Crippen LogP contribution in [-0.2, 0) is 20.5 Å². The van der Waals surface area contributed by atoms with Crippen molar-refractivity contribution in [2.45, 2.75) is 88.9 Å². The Bertz CT molecular complexity index is 1140. The van der Waals surface area contributed by atoms with Gasteiger partial charge in [-0.3, -0.25) is 14.5 Å². The monoisotopic (exact) mass is 549 g/mol. The molecule has 3 saturated heterocycles. The minimum absolute atomic E-state index is 0.0716. The minimum Gasteiger partial charge on any atom is -0.444 e. The topological polar surface area (TPSA) is 106 Å². The Morgan fingerprint density at radius 3 is 2.44 bits per heavy atom. The zero-order valence-corrected chi connectivity index (χ0v) is 22.5. The van der Waals surface area contributed by atoms with Crippen molar-refractivity contribution in [3.63, 3.8) is 0 Å². The number of rotatable bonds is 6. The third-order valence-corrected chi connectivity index (χ3v) is 7.54. The molecule has 4 rings (SSSR count). The van der Waals surface area contributed by atoms with Crippen molar-refractivity contribution in [1.29, 1.82) is 5.26 Å². The smallest absolute Gasteiger partial charge is 0.416 e. The van der Waals surface area contributed by atoms with Crippen LogP contribution in [0.15, 0.2) is 24.3 Å². The highest BCUT2D eigenvalue weighted by molar-refractivity contribution is 5.88. The van der Waals surface area contributed by atoms with E-state index in [0.29, 0.717) is 37.9 Å². The van der Waals surface area contributed by atoms with Gasteiger partial charge < -0.3 is 19.9 Å². The second-order valence-electron chi connectivity index (χ2n) is 11.4. The van der Waals surface area contributed by atoms with Gasteiger partial charge in [0.05, 0.1) is 23.7 Å². The van der Waals surface area contributed by atoms with Crippen LogP contribution < -0.4 is 5.32 Å². The summed E-state index contributed by atoms with van der Waals surface area (Å²) in [5, 5.41) is 12.1. The number of nitrogens with one attached hydrogen (secondary N) is 1. The number of nitrogens with zero attached hydrogens (tertiary/aromatic N) is 4. The molecule has 3 fully saturated rings. The Morgan fingerprint density at radius 2 is 1.87 bits per heavy atom. The predicted octanol–water partition coefficient (Wildman–Crippen LogP) is 3.46. The second kappa shape index (κ2) is 10.7. The molecular weight excluding hydrogens is 515 g/mol. The van der Waals surface area contributed by atoms with Crippen LogP contribution in [0, 0.1) is 11.3 Å². The van der Waals surface area contributed by atoms with E-state index in [1.165, 1.54) is 17.0 Å². The fourth-order valence-electron chi connectivity index (χ4n) is 5.74. The van der Waals surface area contributed by atoms with Crippen molar-refractivity contribution >= 4 is 17.9 Å². The van der Waals surface area contributed by atoms with Gasteiger partial charge in [0.15, 0.2) is 0 Å². The van der Waals surface area contributed by atoms with Gasteiger partial charge in [0.25, 0.3) is 0 Å². The zero-order valence-electron chi connectivity index (χ0n) is 22.5. The van der Waals surface area contributed by atoms with E-state index in [2.05, 4.69) is 11.4 Å². The number of halogens is 3. The first kappa shape index (κ1) is 28.7. The van der Waals surface area contributed by atoms with Crippen LogP contribution in [0.1, 0.15) is 64.1 Å². The molecule has 0 saturated carbocycles. The lowest BCUT2D eigenvalue weighted by molar-refractivity contribution is -0.141. The minimum atomic E-state index is -4.44. The van der Waals surface area contributed by atoms with Gasteiger partial charge in [-0.1, -0.05) is 12.1 Å². The van der Waals surface area contributed by atoms with Gasteiger partial charge in [-0.15, -0.1) is 0 Å². The molecule has 5 atom stereocenters.